The van der Waals surface area contributed by atoms with Crippen molar-refractivity contribution in [3.05, 3.63) is 87.6 Å². The average Bonchev–Trinajstić information content (AvgIpc) is 3.14. The predicted molar refractivity (Wildman–Crippen MR) is 133 cm³/mol. The van der Waals surface area contributed by atoms with Gasteiger partial charge in [0.25, 0.3) is 15.9 Å². The number of carbonyl (C=O) groups excluding carboxylic acids is 1. The average molecular weight is 546 g/mol. The molecule has 4 rings (SSSR count). The quantitative estimate of drug-likeness (QED) is 0.366. The summed E-state index contributed by atoms with van der Waals surface area (Å²) in [7, 11) is -2.08. The summed E-state index contributed by atoms with van der Waals surface area (Å²) in [6.07, 6.45) is 0. The number of hydrogen-bond donors (Lipinski definition) is 1. The largest absolute Gasteiger partial charge is 0.383 e. The summed E-state index contributed by atoms with van der Waals surface area (Å²) in [6.45, 7) is 1.05. The van der Waals surface area contributed by atoms with Crippen molar-refractivity contribution in [2.45, 2.75) is 11.4 Å². The van der Waals surface area contributed by atoms with Crippen molar-refractivity contribution in [2.75, 3.05) is 18.4 Å². The Morgan fingerprint density at radius 3 is 2.52 bits per heavy atom. The Labute approximate surface area is 203 Å². The SMILES string of the molecule is COCCn1c(=NC(=O)c2ccc(NS(=O)(=O)c3ccccc3)cc2)sc2cc(Br)ccc21. The van der Waals surface area contributed by atoms with Gasteiger partial charge in [-0.25, -0.2) is 8.42 Å². The van der Waals surface area contributed by atoms with Crippen LogP contribution in [0.2, 0.25) is 0 Å². The van der Waals surface area contributed by atoms with Gasteiger partial charge in [-0.1, -0.05) is 45.5 Å². The van der Waals surface area contributed by atoms with Gasteiger partial charge in [0.2, 0.25) is 0 Å². The van der Waals surface area contributed by atoms with Gasteiger partial charge in [-0.3, -0.25) is 9.52 Å². The molecule has 0 aliphatic heterocycles. The second-order valence-electron chi connectivity index (χ2n) is 7.05. The maximum Gasteiger partial charge on any atom is 0.279 e. The monoisotopic (exact) mass is 545 g/mol. The van der Waals surface area contributed by atoms with Gasteiger partial charge in [-0.2, -0.15) is 4.99 Å². The number of halogens is 1. The van der Waals surface area contributed by atoms with E-state index in [9.17, 15) is 13.2 Å². The molecule has 1 N–H and O–H groups in total. The van der Waals surface area contributed by atoms with Crippen LogP contribution in [0.3, 0.4) is 0 Å². The molecule has 0 bridgehead atoms. The highest BCUT2D eigenvalue weighted by Crippen LogP contribution is 2.22. The maximum atomic E-state index is 12.8. The number of anilines is 1. The molecule has 4 aromatic rings. The van der Waals surface area contributed by atoms with E-state index in [0.29, 0.717) is 29.2 Å². The Hall–Kier alpha value is -2.79. The molecule has 1 amide bonds. The Bertz CT molecular complexity index is 1460. The zero-order valence-electron chi connectivity index (χ0n) is 17.6. The number of fused-ring (bicyclic) bond motifs is 1. The minimum atomic E-state index is -3.70. The van der Waals surface area contributed by atoms with Gasteiger partial charge in [-0.15, -0.1) is 0 Å². The summed E-state index contributed by atoms with van der Waals surface area (Å²) in [6, 6.07) is 20.2. The fourth-order valence-corrected chi connectivity index (χ4v) is 5.86. The summed E-state index contributed by atoms with van der Waals surface area (Å²) < 4.78 is 36.6. The molecular weight excluding hydrogens is 526 g/mol. The van der Waals surface area contributed by atoms with Gasteiger partial charge in [-0.05, 0) is 54.6 Å². The Balaban J connectivity index is 1.61. The van der Waals surface area contributed by atoms with Crippen molar-refractivity contribution in [2.24, 2.45) is 4.99 Å². The number of ether oxygens (including phenoxy) is 1. The molecule has 0 saturated carbocycles. The molecule has 0 spiro atoms. The van der Waals surface area contributed by atoms with Crippen LogP contribution in [0.1, 0.15) is 10.4 Å². The van der Waals surface area contributed by atoms with Gasteiger partial charge in [0.15, 0.2) is 4.80 Å². The summed E-state index contributed by atoms with van der Waals surface area (Å²) >= 11 is 4.89. The number of sulfonamides is 1. The predicted octanol–water partition coefficient (Wildman–Crippen LogP) is 4.65. The molecule has 0 fully saturated rings. The highest BCUT2D eigenvalue weighted by Gasteiger charge is 2.14. The number of carbonyl (C=O) groups is 1. The van der Waals surface area contributed by atoms with Crippen LogP contribution in [0.25, 0.3) is 10.2 Å². The van der Waals surface area contributed by atoms with E-state index in [1.54, 1.807) is 49.6 Å². The van der Waals surface area contributed by atoms with E-state index >= 15 is 0 Å². The van der Waals surface area contributed by atoms with Crippen LogP contribution in [0, 0.1) is 0 Å². The molecule has 33 heavy (non-hydrogen) atoms. The standard InChI is InChI=1S/C23H20BrN3O4S2/c1-31-14-13-27-20-12-9-17(24)15-21(20)32-23(27)25-22(28)16-7-10-18(11-8-16)26-33(29,30)19-5-3-2-4-6-19/h2-12,15,26H,13-14H2,1H3. The first-order chi connectivity index (χ1) is 15.9. The fraction of sp³-hybridized carbons (Fsp3) is 0.130. The van der Waals surface area contributed by atoms with E-state index in [1.165, 1.54) is 23.5 Å². The molecule has 1 heterocycles. The molecule has 0 atom stereocenters. The maximum absolute atomic E-state index is 12.8. The molecule has 170 valence electrons. The van der Waals surface area contributed by atoms with Crippen molar-refractivity contribution in [3.8, 4) is 0 Å². The van der Waals surface area contributed by atoms with E-state index in [2.05, 4.69) is 25.6 Å². The number of benzene rings is 3. The van der Waals surface area contributed by atoms with Crippen LogP contribution in [0.15, 0.2) is 87.2 Å². The minimum Gasteiger partial charge on any atom is -0.383 e. The van der Waals surface area contributed by atoms with Crippen molar-refractivity contribution in [1.82, 2.24) is 4.57 Å². The van der Waals surface area contributed by atoms with E-state index in [4.69, 9.17) is 4.74 Å². The van der Waals surface area contributed by atoms with Gasteiger partial charge in [0, 0.05) is 29.4 Å². The Kier molecular flexibility index (Phi) is 7.08. The third-order valence-electron chi connectivity index (χ3n) is 4.80. The minimum absolute atomic E-state index is 0.164. The molecule has 0 unspecified atom stereocenters. The van der Waals surface area contributed by atoms with Gasteiger partial charge in [0.05, 0.1) is 21.7 Å². The van der Waals surface area contributed by atoms with Crippen LogP contribution in [0.5, 0.6) is 0 Å². The van der Waals surface area contributed by atoms with E-state index < -0.39 is 15.9 Å². The summed E-state index contributed by atoms with van der Waals surface area (Å²) in [4.78, 5) is 17.9. The fourth-order valence-electron chi connectivity index (χ4n) is 3.18. The molecule has 0 radical (unpaired) electrons. The van der Waals surface area contributed by atoms with Crippen molar-refractivity contribution in [3.63, 3.8) is 0 Å². The topological polar surface area (TPSA) is 89.8 Å². The second-order valence-corrected chi connectivity index (χ2v) is 10.7. The lowest BCUT2D eigenvalue weighted by molar-refractivity contribution is 0.0997. The number of hydrogen-bond acceptors (Lipinski definition) is 5. The molecule has 3 aromatic carbocycles. The first-order valence-electron chi connectivity index (χ1n) is 9.92. The summed E-state index contributed by atoms with van der Waals surface area (Å²) in [5.41, 5.74) is 1.68. The van der Waals surface area contributed by atoms with Gasteiger partial charge < -0.3 is 9.30 Å². The van der Waals surface area contributed by atoms with Crippen molar-refractivity contribution in [1.29, 1.82) is 0 Å². The molecule has 0 aliphatic rings. The van der Waals surface area contributed by atoms with Gasteiger partial charge >= 0.3 is 0 Å². The van der Waals surface area contributed by atoms with E-state index in [-0.39, 0.29) is 4.90 Å². The zero-order chi connectivity index (χ0) is 23.4. The Morgan fingerprint density at radius 1 is 1.09 bits per heavy atom. The number of thiazole rings is 1. The number of aromatic nitrogens is 1. The number of nitrogens with zero attached hydrogens (tertiary/aromatic N) is 2. The number of amides is 1. The van der Waals surface area contributed by atoms with Crippen LogP contribution < -0.4 is 9.52 Å². The van der Waals surface area contributed by atoms with E-state index in [0.717, 1.165) is 14.7 Å². The van der Waals surface area contributed by atoms with Gasteiger partial charge in [0.1, 0.15) is 0 Å². The normalized spacial score (nSPS) is 12.2. The highest BCUT2D eigenvalue weighted by molar-refractivity contribution is 9.10. The van der Waals surface area contributed by atoms with Crippen molar-refractivity contribution < 1.29 is 17.9 Å². The van der Waals surface area contributed by atoms with E-state index in [1.807, 2.05) is 22.8 Å². The number of rotatable bonds is 7. The Morgan fingerprint density at radius 2 is 1.82 bits per heavy atom. The van der Waals surface area contributed by atoms with Crippen molar-refractivity contribution >= 4 is 59.1 Å². The summed E-state index contributed by atoms with van der Waals surface area (Å²) in [5, 5.41) is 0. The van der Waals surface area contributed by atoms with Crippen LogP contribution in [0.4, 0.5) is 5.69 Å². The lowest BCUT2D eigenvalue weighted by atomic mass is 10.2. The number of methoxy groups -OCH3 is 1. The molecule has 1 aromatic heterocycles. The molecule has 0 aliphatic carbocycles. The summed E-state index contributed by atoms with van der Waals surface area (Å²) in [5.74, 6) is -0.413. The first kappa shape index (κ1) is 23.4. The van der Waals surface area contributed by atoms with Crippen LogP contribution >= 0.6 is 27.3 Å². The zero-order valence-corrected chi connectivity index (χ0v) is 20.8. The van der Waals surface area contributed by atoms with Crippen LogP contribution in [-0.4, -0.2) is 32.6 Å². The molecular formula is C23H20BrN3O4S2. The lowest BCUT2D eigenvalue weighted by Crippen LogP contribution is -2.19. The molecule has 10 heteroatoms. The third kappa shape index (κ3) is 5.41. The third-order valence-corrected chi connectivity index (χ3v) is 7.73. The smallest absolute Gasteiger partial charge is 0.279 e. The highest BCUT2D eigenvalue weighted by atomic mass is 79.9. The molecule has 7 nitrogen and oxygen atoms in total. The molecule has 0 saturated heterocycles. The first-order valence-corrected chi connectivity index (χ1v) is 13.0. The van der Waals surface area contributed by atoms with Crippen LogP contribution in [-0.2, 0) is 21.3 Å². The lowest BCUT2D eigenvalue weighted by Gasteiger charge is -2.08. The second kappa shape index (κ2) is 10.0. The number of nitrogens with one attached hydrogen (secondary N) is 1.